The number of hydrogen-bond acceptors (Lipinski definition) is 3. The molecule has 4 heteroatoms. The van der Waals surface area contributed by atoms with Crippen LogP contribution in [0.25, 0.3) is 0 Å². The van der Waals surface area contributed by atoms with Crippen molar-refractivity contribution < 1.29 is 9.53 Å². The zero-order chi connectivity index (χ0) is 12.1. The van der Waals surface area contributed by atoms with E-state index in [1.54, 1.807) is 0 Å². The number of ether oxygens (including phenoxy) is 1. The van der Waals surface area contributed by atoms with E-state index in [1.165, 1.54) is 0 Å². The van der Waals surface area contributed by atoms with Gasteiger partial charge in [-0.25, -0.2) is 4.79 Å². The van der Waals surface area contributed by atoms with E-state index in [1.807, 2.05) is 45.0 Å². The van der Waals surface area contributed by atoms with Gasteiger partial charge < -0.3 is 15.8 Å². The largest absolute Gasteiger partial charge is 0.447 e. The Morgan fingerprint density at radius 1 is 1.38 bits per heavy atom. The van der Waals surface area contributed by atoms with Crippen LogP contribution in [-0.4, -0.2) is 12.2 Å². The van der Waals surface area contributed by atoms with Gasteiger partial charge in [0, 0.05) is 5.69 Å². The van der Waals surface area contributed by atoms with E-state index in [2.05, 4.69) is 5.32 Å². The molecule has 0 saturated heterocycles. The molecular weight excluding hydrogens is 204 g/mol. The molecule has 0 aromatic heterocycles. The summed E-state index contributed by atoms with van der Waals surface area (Å²) in [5, 5.41) is 2.74. The van der Waals surface area contributed by atoms with Crippen LogP contribution in [0.3, 0.4) is 0 Å². The molecule has 0 spiro atoms. The lowest BCUT2D eigenvalue weighted by Crippen LogP contribution is -2.29. The zero-order valence-corrected chi connectivity index (χ0v) is 9.86. The Balaban J connectivity index is 2.58. The van der Waals surface area contributed by atoms with Gasteiger partial charge in [-0.1, -0.05) is 12.1 Å². The second-order valence-corrected chi connectivity index (χ2v) is 3.99. The SMILES string of the molecule is CC(C)OC(=O)NC(C)c1cccc(N)c1. The summed E-state index contributed by atoms with van der Waals surface area (Å²) >= 11 is 0. The van der Waals surface area contributed by atoms with E-state index in [-0.39, 0.29) is 12.1 Å². The third-order valence-corrected chi connectivity index (χ3v) is 2.09. The van der Waals surface area contributed by atoms with Crippen LogP contribution in [0.5, 0.6) is 0 Å². The molecule has 0 aliphatic carbocycles. The number of anilines is 1. The number of alkyl carbamates (subject to hydrolysis) is 1. The molecule has 0 radical (unpaired) electrons. The van der Waals surface area contributed by atoms with Gasteiger partial charge in [0.15, 0.2) is 0 Å². The van der Waals surface area contributed by atoms with E-state index >= 15 is 0 Å². The summed E-state index contributed by atoms with van der Waals surface area (Å²) in [5.74, 6) is 0. The van der Waals surface area contributed by atoms with Crippen molar-refractivity contribution in [2.45, 2.75) is 32.9 Å². The topological polar surface area (TPSA) is 64.3 Å². The summed E-state index contributed by atoms with van der Waals surface area (Å²) < 4.78 is 4.99. The number of nitrogen functional groups attached to an aromatic ring is 1. The van der Waals surface area contributed by atoms with Crippen LogP contribution < -0.4 is 11.1 Å². The first-order chi connectivity index (χ1) is 7.49. The van der Waals surface area contributed by atoms with Crippen LogP contribution in [0, 0.1) is 0 Å². The van der Waals surface area contributed by atoms with Crippen LogP contribution in [-0.2, 0) is 4.74 Å². The van der Waals surface area contributed by atoms with Gasteiger partial charge >= 0.3 is 6.09 Å². The van der Waals surface area contributed by atoms with Gasteiger partial charge in [0.1, 0.15) is 0 Å². The Labute approximate surface area is 95.8 Å². The van der Waals surface area contributed by atoms with Crippen LogP contribution >= 0.6 is 0 Å². The van der Waals surface area contributed by atoms with Crippen LogP contribution in [0.2, 0.25) is 0 Å². The van der Waals surface area contributed by atoms with Gasteiger partial charge in [0.25, 0.3) is 0 Å². The van der Waals surface area contributed by atoms with E-state index in [0.717, 1.165) is 5.56 Å². The van der Waals surface area contributed by atoms with E-state index < -0.39 is 6.09 Å². The highest BCUT2D eigenvalue weighted by Gasteiger charge is 2.11. The first-order valence-electron chi connectivity index (χ1n) is 5.31. The number of rotatable bonds is 3. The van der Waals surface area contributed by atoms with Crippen LogP contribution in [0.1, 0.15) is 32.4 Å². The second kappa shape index (κ2) is 5.39. The van der Waals surface area contributed by atoms with Crippen molar-refractivity contribution in [3.63, 3.8) is 0 Å². The first-order valence-corrected chi connectivity index (χ1v) is 5.31. The highest BCUT2D eigenvalue weighted by molar-refractivity contribution is 5.68. The smallest absolute Gasteiger partial charge is 0.407 e. The molecule has 0 aliphatic rings. The molecule has 3 N–H and O–H groups in total. The summed E-state index contributed by atoms with van der Waals surface area (Å²) in [7, 11) is 0. The Kier molecular flexibility index (Phi) is 4.17. The monoisotopic (exact) mass is 222 g/mol. The molecule has 1 rings (SSSR count). The molecule has 16 heavy (non-hydrogen) atoms. The Morgan fingerprint density at radius 2 is 2.06 bits per heavy atom. The molecule has 1 aromatic rings. The highest BCUT2D eigenvalue weighted by Crippen LogP contribution is 2.15. The molecular formula is C12H18N2O2. The maximum Gasteiger partial charge on any atom is 0.407 e. The molecule has 0 saturated carbocycles. The van der Waals surface area contributed by atoms with E-state index in [0.29, 0.717) is 5.69 Å². The number of carbonyl (C=O) groups is 1. The lowest BCUT2D eigenvalue weighted by Gasteiger charge is -2.16. The Hall–Kier alpha value is -1.71. The lowest BCUT2D eigenvalue weighted by molar-refractivity contribution is 0.113. The molecule has 0 heterocycles. The minimum Gasteiger partial charge on any atom is -0.447 e. The van der Waals surface area contributed by atoms with Crippen molar-refractivity contribution in [2.24, 2.45) is 0 Å². The Bertz CT molecular complexity index is 364. The van der Waals surface area contributed by atoms with Crippen molar-refractivity contribution in [1.82, 2.24) is 5.32 Å². The molecule has 88 valence electrons. The predicted octanol–water partition coefficient (Wildman–Crippen LogP) is 2.46. The molecule has 0 bridgehead atoms. The average Bonchev–Trinajstić information content (AvgIpc) is 2.16. The standard InChI is InChI=1S/C12H18N2O2/c1-8(2)16-12(15)14-9(3)10-5-4-6-11(13)7-10/h4-9H,13H2,1-3H3,(H,14,15). The third-order valence-electron chi connectivity index (χ3n) is 2.09. The molecule has 0 aliphatic heterocycles. The minimum atomic E-state index is -0.412. The Morgan fingerprint density at radius 3 is 2.62 bits per heavy atom. The van der Waals surface area contributed by atoms with E-state index in [4.69, 9.17) is 10.5 Å². The van der Waals surface area contributed by atoms with Gasteiger partial charge in [-0.2, -0.15) is 0 Å². The molecule has 0 fully saturated rings. The fraction of sp³-hybridized carbons (Fsp3) is 0.417. The van der Waals surface area contributed by atoms with Crippen LogP contribution in [0.15, 0.2) is 24.3 Å². The molecule has 1 aromatic carbocycles. The maximum absolute atomic E-state index is 11.4. The van der Waals surface area contributed by atoms with Gasteiger partial charge in [-0.3, -0.25) is 0 Å². The summed E-state index contributed by atoms with van der Waals surface area (Å²) in [6.07, 6.45) is -0.530. The number of nitrogens with two attached hydrogens (primary N) is 1. The summed E-state index contributed by atoms with van der Waals surface area (Å²) in [4.78, 5) is 11.4. The van der Waals surface area contributed by atoms with Gasteiger partial charge in [0.2, 0.25) is 0 Å². The summed E-state index contributed by atoms with van der Waals surface area (Å²) in [6, 6.07) is 7.30. The van der Waals surface area contributed by atoms with Crippen molar-refractivity contribution in [3.8, 4) is 0 Å². The molecule has 1 amide bonds. The number of carbonyl (C=O) groups excluding carboxylic acids is 1. The number of amides is 1. The summed E-state index contributed by atoms with van der Waals surface area (Å²) in [5.41, 5.74) is 7.31. The zero-order valence-electron chi connectivity index (χ0n) is 9.86. The second-order valence-electron chi connectivity index (χ2n) is 3.99. The third kappa shape index (κ3) is 3.81. The van der Waals surface area contributed by atoms with Crippen LogP contribution in [0.4, 0.5) is 10.5 Å². The minimum absolute atomic E-state index is 0.116. The molecule has 1 atom stereocenters. The average molecular weight is 222 g/mol. The van der Waals surface area contributed by atoms with Crippen molar-refractivity contribution in [1.29, 1.82) is 0 Å². The predicted molar refractivity (Wildman–Crippen MR) is 64.0 cm³/mol. The number of benzene rings is 1. The number of nitrogens with one attached hydrogen (secondary N) is 1. The summed E-state index contributed by atoms with van der Waals surface area (Å²) in [6.45, 7) is 5.51. The molecule has 4 nitrogen and oxygen atoms in total. The van der Waals surface area contributed by atoms with Gasteiger partial charge in [0.05, 0.1) is 12.1 Å². The number of hydrogen-bond donors (Lipinski definition) is 2. The quantitative estimate of drug-likeness (QED) is 0.772. The van der Waals surface area contributed by atoms with Gasteiger partial charge in [-0.05, 0) is 38.5 Å². The fourth-order valence-electron chi connectivity index (χ4n) is 1.34. The highest BCUT2D eigenvalue weighted by atomic mass is 16.6. The van der Waals surface area contributed by atoms with Gasteiger partial charge in [-0.15, -0.1) is 0 Å². The van der Waals surface area contributed by atoms with Crippen molar-refractivity contribution >= 4 is 11.8 Å². The fourth-order valence-corrected chi connectivity index (χ4v) is 1.34. The molecule has 1 unspecified atom stereocenters. The lowest BCUT2D eigenvalue weighted by atomic mass is 10.1. The normalized spacial score (nSPS) is 12.2. The first kappa shape index (κ1) is 12.4. The van der Waals surface area contributed by atoms with E-state index in [9.17, 15) is 4.79 Å². The van der Waals surface area contributed by atoms with Crippen molar-refractivity contribution in [3.05, 3.63) is 29.8 Å². The van der Waals surface area contributed by atoms with Crippen molar-refractivity contribution in [2.75, 3.05) is 5.73 Å². The maximum atomic E-state index is 11.4.